The molecule has 0 amide bonds. The van der Waals surface area contributed by atoms with Crippen molar-refractivity contribution in [3.8, 4) is 0 Å². The first kappa shape index (κ1) is 15.5. The second-order valence-corrected chi connectivity index (χ2v) is 12.6. The molecule has 0 aromatic rings. The van der Waals surface area contributed by atoms with Gasteiger partial charge in [0, 0.05) is 0 Å². The van der Waals surface area contributed by atoms with Crippen LogP contribution in [-0.4, -0.2) is 6.69 Å². The second-order valence-electron chi connectivity index (χ2n) is 4.37. The third-order valence-corrected chi connectivity index (χ3v) is 4.89. The Bertz CT molecular complexity index is 152. The Kier molecular flexibility index (Phi) is 10.1. The first-order chi connectivity index (χ1) is 7.06. The minimum absolute atomic E-state index is 1.05. The van der Waals surface area contributed by atoms with Crippen LogP contribution in [0.4, 0.5) is 0 Å². The molecule has 0 heterocycles. The Balaban J connectivity index is 3.02. The fraction of sp³-hybridized carbons (Fsp3) is 0.833. The van der Waals surface area contributed by atoms with E-state index in [2.05, 4.69) is 6.58 Å². The first-order valence-electron chi connectivity index (χ1n) is 6.05. The number of halogens is 2. The Morgan fingerprint density at radius 2 is 1.40 bits per heavy atom. The molecule has 0 aliphatic heterocycles. The molecule has 0 radical (unpaired) electrons. The fourth-order valence-electron chi connectivity index (χ4n) is 1.61. The summed E-state index contributed by atoms with van der Waals surface area (Å²) in [5.41, 5.74) is 0. The van der Waals surface area contributed by atoms with Crippen LogP contribution >= 0.6 is 22.2 Å². The van der Waals surface area contributed by atoms with E-state index in [0.29, 0.717) is 0 Å². The highest BCUT2D eigenvalue weighted by Crippen LogP contribution is 2.23. The van der Waals surface area contributed by atoms with Crippen LogP contribution < -0.4 is 0 Å². The van der Waals surface area contributed by atoms with E-state index in [0.717, 1.165) is 6.04 Å². The van der Waals surface area contributed by atoms with Gasteiger partial charge in [0.2, 0.25) is 6.69 Å². The quantitative estimate of drug-likeness (QED) is 0.202. The Hall–Kier alpha value is 0.537. The molecule has 90 valence electrons. The summed E-state index contributed by atoms with van der Waals surface area (Å²) >= 11 is 12.1. The van der Waals surface area contributed by atoms with Gasteiger partial charge in [-0.3, -0.25) is 0 Å². The molecule has 15 heavy (non-hydrogen) atoms. The summed E-state index contributed by atoms with van der Waals surface area (Å²) in [6.07, 6.45) is 12.4. The molecule has 0 saturated carbocycles. The SMILES string of the molecule is C=CCCCCCCCCC[Si](C)(Cl)Cl. The van der Waals surface area contributed by atoms with Gasteiger partial charge in [-0.25, -0.2) is 0 Å². The first-order valence-corrected chi connectivity index (χ1v) is 10.8. The largest absolute Gasteiger partial charge is 0.248 e. The maximum Gasteiger partial charge on any atom is 0.248 e. The smallest absolute Gasteiger partial charge is 0.146 e. The zero-order chi connectivity index (χ0) is 11.6. The minimum Gasteiger partial charge on any atom is -0.146 e. The van der Waals surface area contributed by atoms with E-state index in [-0.39, 0.29) is 0 Å². The van der Waals surface area contributed by atoms with Gasteiger partial charge in [-0.05, 0) is 25.4 Å². The zero-order valence-electron chi connectivity index (χ0n) is 9.90. The van der Waals surface area contributed by atoms with Crippen molar-refractivity contribution in [2.45, 2.75) is 64.0 Å². The lowest BCUT2D eigenvalue weighted by Gasteiger charge is -2.08. The number of hydrogen-bond acceptors (Lipinski definition) is 0. The van der Waals surface area contributed by atoms with Crippen molar-refractivity contribution in [3.05, 3.63) is 12.7 Å². The van der Waals surface area contributed by atoms with Crippen molar-refractivity contribution < 1.29 is 0 Å². The molecular weight excluding hydrogens is 243 g/mol. The van der Waals surface area contributed by atoms with Gasteiger partial charge in [0.05, 0.1) is 0 Å². The fourth-order valence-corrected chi connectivity index (χ4v) is 3.28. The molecule has 0 aromatic carbocycles. The molecule has 0 bridgehead atoms. The lowest BCUT2D eigenvalue weighted by molar-refractivity contribution is 0.591. The van der Waals surface area contributed by atoms with Crippen LogP contribution in [0.3, 0.4) is 0 Å². The number of unbranched alkanes of at least 4 members (excludes halogenated alkanes) is 7. The molecule has 0 atom stereocenters. The minimum atomic E-state index is -1.81. The van der Waals surface area contributed by atoms with E-state index >= 15 is 0 Å². The van der Waals surface area contributed by atoms with E-state index in [1.165, 1.54) is 51.4 Å². The predicted octanol–water partition coefficient (Wildman–Crippen LogP) is 5.84. The molecule has 0 aromatic heterocycles. The molecule has 0 N–H and O–H groups in total. The number of hydrogen-bond donors (Lipinski definition) is 0. The van der Waals surface area contributed by atoms with Crippen LogP contribution in [0.2, 0.25) is 12.6 Å². The predicted molar refractivity (Wildman–Crippen MR) is 75.3 cm³/mol. The van der Waals surface area contributed by atoms with Crippen molar-refractivity contribution in [1.82, 2.24) is 0 Å². The lowest BCUT2D eigenvalue weighted by atomic mass is 10.1. The van der Waals surface area contributed by atoms with Crippen molar-refractivity contribution in [2.24, 2.45) is 0 Å². The van der Waals surface area contributed by atoms with Gasteiger partial charge in [0.1, 0.15) is 0 Å². The Morgan fingerprint density at radius 3 is 1.87 bits per heavy atom. The molecule has 0 unspecified atom stereocenters. The molecule has 0 rings (SSSR count). The normalized spacial score (nSPS) is 11.7. The molecule has 0 saturated heterocycles. The van der Waals surface area contributed by atoms with Crippen LogP contribution in [0.15, 0.2) is 12.7 Å². The lowest BCUT2D eigenvalue weighted by Crippen LogP contribution is -2.11. The molecule has 0 spiro atoms. The Labute approximate surface area is 105 Å². The molecule has 0 aliphatic rings. The van der Waals surface area contributed by atoms with E-state index in [4.69, 9.17) is 22.2 Å². The van der Waals surface area contributed by atoms with Crippen molar-refractivity contribution in [3.63, 3.8) is 0 Å². The molecular formula is C12H24Cl2Si. The topological polar surface area (TPSA) is 0 Å². The monoisotopic (exact) mass is 266 g/mol. The summed E-state index contributed by atoms with van der Waals surface area (Å²) in [5.74, 6) is 0. The van der Waals surface area contributed by atoms with Gasteiger partial charge in [-0.1, -0.05) is 44.6 Å². The second kappa shape index (κ2) is 9.74. The van der Waals surface area contributed by atoms with E-state index < -0.39 is 6.69 Å². The van der Waals surface area contributed by atoms with E-state index in [1.807, 2.05) is 12.6 Å². The van der Waals surface area contributed by atoms with E-state index in [1.54, 1.807) is 0 Å². The van der Waals surface area contributed by atoms with Crippen LogP contribution in [0.5, 0.6) is 0 Å². The Morgan fingerprint density at radius 1 is 0.933 bits per heavy atom. The van der Waals surface area contributed by atoms with Gasteiger partial charge >= 0.3 is 0 Å². The summed E-state index contributed by atoms with van der Waals surface area (Å²) in [4.78, 5) is 0. The summed E-state index contributed by atoms with van der Waals surface area (Å²) < 4.78 is 0. The summed E-state index contributed by atoms with van der Waals surface area (Å²) in [5, 5.41) is 0. The van der Waals surface area contributed by atoms with Crippen molar-refractivity contribution in [2.75, 3.05) is 0 Å². The highest BCUT2D eigenvalue weighted by atomic mass is 35.7. The highest BCUT2D eigenvalue weighted by molar-refractivity contribution is 7.44. The van der Waals surface area contributed by atoms with Gasteiger partial charge in [-0.2, -0.15) is 0 Å². The molecule has 0 fully saturated rings. The van der Waals surface area contributed by atoms with Crippen LogP contribution in [-0.2, 0) is 0 Å². The van der Waals surface area contributed by atoms with Gasteiger partial charge in [0.25, 0.3) is 0 Å². The molecule has 3 heteroatoms. The summed E-state index contributed by atoms with van der Waals surface area (Å²) in [6.45, 7) is 3.92. The maximum absolute atomic E-state index is 6.03. The van der Waals surface area contributed by atoms with Crippen LogP contribution in [0, 0.1) is 0 Å². The molecule has 0 nitrogen and oxygen atoms in total. The van der Waals surface area contributed by atoms with Gasteiger partial charge in [-0.15, -0.1) is 28.7 Å². The molecule has 0 aliphatic carbocycles. The van der Waals surface area contributed by atoms with E-state index in [9.17, 15) is 0 Å². The highest BCUT2D eigenvalue weighted by Gasteiger charge is 2.19. The number of rotatable bonds is 10. The average Bonchev–Trinajstić information content (AvgIpc) is 2.14. The van der Waals surface area contributed by atoms with Crippen LogP contribution in [0.25, 0.3) is 0 Å². The standard InChI is InChI=1S/C12H24Cl2Si/c1-3-4-5-6-7-8-9-10-11-12-15(2,13)14/h3H,1,4-12H2,2H3. The van der Waals surface area contributed by atoms with Crippen molar-refractivity contribution in [1.29, 1.82) is 0 Å². The maximum atomic E-state index is 6.03. The number of allylic oxidation sites excluding steroid dienone is 1. The third-order valence-electron chi connectivity index (χ3n) is 2.52. The third kappa shape index (κ3) is 14.5. The van der Waals surface area contributed by atoms with Gasteiger partial charge < -0.3 is 0 Å². The zero-order valence-corrected chi connectivity index (χ0v) is 12.4. The average molecular weight is 267 g/mol. The van der Waals surface area contributed by atoms with Crippen molar-refractivity contribution >= 4 is 28.9 Å². The summed E-state index contributed by atoms with van der Waals surface area (Å²) in [6, 6.07) is 1.05. The van der Waals surface area contributed by atoms with Gasteiger partial charge in [0.15, 0.2) is 0 Å². The summed E-state index contributed by atoms with van der Waals surface area (Å²) in [7, 11) is 0. The van der Waals surface area contributed by atoms with Crippen LogP contribution in [0.1, 0.15) is 51.4 Å².